The fraction of sp³-hybridized carbons (Fsp3) is 0.167. The second-order valence-corrected chi connectivity index (χ2v) is 5.53. The van der Waals surface area contributed by atoms with Crippen LogP contribution in [0, 0.1) is 6.92 Å². The van der Waals surface area contributed by atoms with Crippen LogP contribution in [-0.2, 0) is 0 Å². The molecule has 1 aliphatic rings. The summed E-state index contributed by atoms with van der Waals surface area (Å²) in [4.78, 5) is 4.45. The number of pyridine rings is 1. The van der Waals surface area contributed by atoms with Gasteiger partial charge in [-0.1, -0.05) is 12.1 Å². The number of hydrogen-bond acceptors (Lipinski definition) is 5. The van der Waals surface area contributed by atoms with Crippen molar-refractivity contribution in [2.75, 3.05) is 24.3 Å². The number of fused-ring (bicyclic) bond motifs is 2. The molecule has 0 bridgehead atoms. The second kappa shape index (κ2) is 5.35. The molecule has 5 nitrogen and oxygen atoms in total. The van der Waals surface area contributed by atoms with Crippen LogP contribution in [0.3, 0.4) is 0 Å². The van der Waals surface area contributed by atoms with Crippen molar-refractivity contribution >= 4 is 28.0 Å². The van der Waals surface area contributed by atoms with Crippen molar-refractivity contribution in [2.24, 2.45) is 0 Å². The Bertz CT molecular complexity index is 893. The van der Waals surface area contributed by atoms with E-state index in [1.54, 1.807) is 6.20 Å². The standard InChI is InChI=1S/C18H17N3O2/c1-11-2-4-14-13(17(11)19)6-7-20-18(14)21-12-3-5-15-16(10-12)23-9-8-22-15/h2-7,10H,8-9,19H2,1H3,(H,20,21). The van der Waals surface area contributed by atoms with Gasteiger partial charge in [-0.15, -0.1) is 0 Å². The normalized spacial score (nSPS) is 13.1. The number of nitrogens with two attached hydrogens (primary N) is 1. The lowest BCUT2D eigenvalue weighted by molar-refractivity contribution is 0.171. The minimum absolute atomic E-state index is 0.568. The molecule has 23 heavy (non-hydrogen) atoms. The molecule has 1 aromatic heterocycles. The van der Waals surface area contributed by atoms with Crippen LogP contribution in [0.15, 0.2) is 42.6 Å². The van der Waals surface area contributed by atoms with E-state index in [0.717, 1.165) is 45.0 Å². The Morgan fingerprint density at radius 3 is 2.70 bits per heavy atom. The molecular weight excluding hydrogens is 290 g/mol. The number of ether oxygens (including phenoxy) is 2. The van der Waals surface area contributed by atoms with Gasteiger partial charge >= 0.3 is 0 Å². The molecule has 0 radical (unpaired) electrons. The van der Waals surface area contributed by atoms with Crippen molar-refractivity contribution in [3.63, 3.8) is 0 Å². The average Bonchev–Trinajstić information content (AvgIpc) is 2.58. The zero-order valence-corrected chi connectivity index (χ0v) is 12.8. The third kappa shape index (κ3) is 2.40. The number of rotatable bonds is 2. The quantitative estimate of drug-likeness (QED) is 0.707. The number of nitrogens with zero attached hydrogens (tertiary/aromatic N) is 1. The van der Waals surface area contributed by atoms with Gasteiger partial charge in [-0.3, -0.25) is 0 Å². The summed E-state index contributed by atoms with van der Waals surface area (Å²) >= 11 is 0. The van der Waals surface area contributed by atoms with Gasteiger partial charge in [0.25, 0.3) is 0 Å². The molecule has 0 fully saturated rings. The molecule has 1 aliphatic heterocycles. The van der Waals surface area contributed by atoms with Crippen LogP contribution in [0.1, 0.15) is 5.56 Å². The van der Waals surface area contributed by atoms with E-state index in [1.165, 1.54) is 0 Å². The van der Waals surface area contributed by atoms with Crippen LogP contribution < -0.4 is 20.5 Å². The highest BCUT2D eigenvalue weighted by atomic mass is 16.6. The van der Waals surface area contributed by atoms with E-state index < -0.39 is 0 Å². The first-order valence-corrected chi connectivity index (χ1v) is 7.53. The highest BCUT2D eigenvalue weighted by molar-refractivity contribution is 6.01. The van der Waals surface area contributed by atoms with Crippen LogP contribution in [0.25, 0.3) is 10.8 Å². The van der Waals surface area contributed by atoms with E-state index >= 15 is 0 Å². The molecule has 2 aromatic carbocycles. The first-order valence-electron chi connectivity index (χ1n) is 7.53. The number of hydrogen-bond donors (Lipinski definition) is 2. The number of anilines is 3. The smallest absolute Gasteiger partial charge is 0.163 e. The van der Waals surface area contributed by atoms with E-state index in [-0.39, 0.29) is 0 Å². The van der Waals surface area contributed by atoms with Crippen LogP contribution in [-0.4, -0.2) is 18.2 Å². The first-order chi connectivity index (χ1) is 11.2. The Hall–Kier alpha value is -2.95. The van der Waals surface area contributed by atoms with Gasteiger partial charge in [-0.25, -0.2) is 4.98 Å². The fourth-order valence-corrected chi connectivity index (χ4v) is 2.74. The lowest BCUT2D eigenvalue weighted by Crippen LogP contribution is -2.15. The highest BCUT2D eigenvalue weighted by Gasteiger charge is 2.13. The third-order valence-electron chi connectivity index (χ3n) is 4.01. The van der Waals surface area contributed by atoms with Crippen LogP contribution >= 0.6 is 0 Å². The Morgan fingerprint density at radius 2 is 1.83 bits per heavy atom. The summed E-state index contributed by atoms with van der Waals surface area (Å²) in [6.07, 6.45) is 1.76. The molecule has 0 spiro atoms. The number of benzene rings is 2. The van der Waals surface area contributed by atoms with Gasteiger partial charge in [0.2, 0.25) is 0 Å². The van der Waals surface area contributed by atoms with E-state index in [9.17, 15) is 0 Å². The van der Waals surface area contributed by atoms with Crippen LogP contribution in [0.2, 0.25) is 0 Å². The molecular formula is C18H17N3O2. The predicted molar refractivity (Wildman–Crippen MR) is 91.6 cm³/mol. The molecule has 3 aromatic rings. The Morgan fingerprint density at radius 1 is 1.00 bits per heavy atom. The number of nitrogens with one attached hydrogen (secondary N) is 1. The molecule has 4 rings (SSSR count). The van der Waals surface area contributed by atoms with Crippen molar-refractivity contribution in [2.45, 2.75) is 6.92 Å². The summed E-state index contributed by atoms with van der Waals surface area (Å²) in [5.41, 5.74) is 8.93. The Kier molecular flexibility index (Phi) is 3.19. The van der Waals surface area contributed by atoms with E-state index in [4.69, 9.17) is 15.2 Å². The predicted octanol–water partition coefficient (Wildman–Crippen LogP) is 3.64. The van der Waals surface area contributed by atoms with Gasteiger partial charge in [-0.05, 0) is 30.7 Å². The molecule has 0 aliphatic carbocycles. The SMILES string of the molecule is Cc1ccc2c(Nc3ccc4c(c3)OCCO4)nccc2c1N. The summed E-state index contributed by atoms with van der Waals surface area (Å²) in [5.74, 6) is 2.29. The molecule has 0 saturated heterocycles. The van der Waals surface area contributed by atoms with Gasteiger partial charge in [0.05, 0.1) is 0 Å². The summed E-state index contributed by atoms with van der Waals surface area (Å²) in [7, 11) is 0. The summed E-state index contributed by atoms with van der Waals surface area (Å²) < 4.78 is 11.2. The summed E-state index contributed by atoms with van der Waals surface area (Å²) in [5, 5.41) is 5.33. The maximum absolute atomic E-state index is 6.18. The largest absolute Gasteiger partial charge is 0.486 e. The molecule has 5 heteroatoms. The Labute approximate surface area is 134 Å². The van der Waals surface area contributed by atoms with Crippen molar-refractivity contribution in [3.8, 4) is 11.5 Å². The van der Waals surface area contributed by atoms with E-state index in [0.29, 0.717) is 13.2 Å². The monoisotopic (exact) mass is 307 g/mol. The van der Waals surface area contributed by atoms with Gasteiger partial charge < -0.3 is 20.5 Å². The molecule has 0 amide bonds. The van der Waals surface area contributed by atoms with E-state index in [1.807, 2.05) is 43.3 Å². The zero-order chi connectivity index (χ0) is 15.8. The number of aryl methyl sites for hydroxylation is 1. The number of aromatic nitrogens is 1. The van der Waals surface area contributed by atoms with E-state index in [2.05, 4.69) is 10.3 Å². The Balaban J connectivity index is 1.74. The van der Waals surface area contributed by atoms with Crippen molar-refractivity contribution in [1.82, 2.24) is 4.98 Å². The minimum Gasteiger partial charge on any atom is -0.486 e. The summed E-state index contributed by atoms with van der Waals surface area (Å²) in [6.45, 7) is 3.16. The van der Waals surface area contributed by atoms with Gasteiger partial charge in [0.1, 0.15) is 19.0 Å². The molecule has 0 saturated carbocycles. The van der Waals surface area contributed by atoms with Crippen molar-refractivity contribution < 1.29 is 9.47 Å². The van der Waals surface area contributed by atoms with Gasteiger partial charge in [-0.2, -0.15) is 0 Å². The zero-order valence-electron chi connectivity index (χ0n) is 12.8. The number of nitrogen functional groups attached to an aromatic ring is 1. The van der Waals surface area contributed by atoms with Crippen LogP contribution in [0.5, 0.6) is 11.5 Å². The van der Waals surface area contributed by atoms with Crippen LogP contribution in [0.4, 0.5) is 17.2 Å². The molecule has 0 atom stereocenters. The lowest BCUT2D eigenvalue weighted by Gasteiger charge is -2.19. The highest BCUT2D eigenvalue weighted by Crippen LogP contribution is 2.35. The van der Waals surface area contributed by atoms with Gasteiger partial charge in [0.15, 0.2) is 11.5 Å². The topological polar surface area (TPSA) is 69.4 Å². The maximum Gasteiger partial charge on any atom is 0.163 e. The molecule has 3 N–H and O–H groups in total. The summed E-state index contributed by atoms with van der Waals surface area (Å²) in [6, 6.07) is 11.8. The minimum atomic E-state index is 0.568. The molecule has 116 valence electrons. The maximum atomic E-state index is 6.18. The third-order valence-corrected chi connectivity index (χ3v) is 4.01. The molecule has 2 heterocycles. The lowest BCUT2D eigenvalue weighted by atomic mass is 10.1. The second-order valence-electron chi connectivity index (χ2n) is 5.53. The van der Waals surface area contributed by atoms with Gasteiger partial charge in [0, 0.05) is 34.4 Å². The van der Waals surface area contributed by atoms with Crippen molar-refractivity contribution in [1.29, 1.82) is 0 Å². The molecule has 0 unspecified atom stereocenters. The average molecular weight is 307 g/mol. The first kappa shape index (κ1) is 13.7. The van der Waals surface area contributed by atoms with Crippen molar-refractivity contribution in [3.05, 3.63) is 48.2 Å². The fourth-order valence-electron chi connectivity index (χ4n) is 2.74.